The zero-order chi connectivity index (χ0) is 11.4. The Morgan fingerprint density at radius 3 is 2.31 bits per heavy atom. The third-order valence-corrected chi connectivity index (χ3v) is 3.06. The van der Waals surface area contributed by atoms with Crippen molar-refractivity contribution in [2.75, 3.05) is 59.5 Å². The molecule has 0 spiro atoms. The molecule has 0 unspecified atom stereocenters. The van der Waals surface area contributed by atoms with Gasteiger partial charge in [0.1, 0.15) is 0 Å². The molecule has 2 amide bonds. The van der Waals surface area contributed by atoms with Crippen molar-refractivity contribution in [3.05, 3.63) is 0 Å². The maximum Gasteiger partial charge on any atom is 0.332 e. The second-order valence-corrected chi connectivity index (χ2v) is 4.31. The molecule has 2 aliphatic rings. The summed E-state index contributed by atoms with van der Waals surface area (Å²) in [6, 6.07) is 0.00727. The molecule has 0 radical (unpaired) electrons. The molecule has 0 bridgehead atoms. The fourth-order valence-electron chi connectivity index (χ4n) is 1.89. The van der Waals surface area contributed by atoms with Gasteiger partial charge in [0, 0.05) is 39.3 Å². The molecule has 0 aromatic heterocycles. The number of likely N-dealkylation sites (N-methyl/N-ethyl adjacent to an activating group) is 1. The fraction of sp³-hybridized carbons (Fsp3) is 0.900. The van der Waals surface area contributed by atoms with Crippen LogP contribution in [0.5, 0.6) is 0 Å². The minimum atomic E-state index is 0.00727. The lowest BCUT2D eigenvalue weighted by molar-refractivity contribution is 0.0414. The van der Waals surface area contributed by atoms with Crippen molar-refractivity contribution >= 4 is 6.03 Å². The van der Waals surface area contributed by atoms with Crippen LogP contribution in [0.1, 0.15) is 0 Å². The van der Waals surface area contributed by atoms with E-state index < -0.39 is 0 Å². The van der Waals surface area contributed by atoms with Gasteiger partial charge in [0.15, 0.2) is 0 Å². The van der Waals surface area contributed by atoms with Crippen LogP contribution in [0.2, 0.25) is 0 Å². The Kier molecular flexibility index (Phi) is 3.98. The predicted molar refractivity (Wildman–Crippen MR) is 60.0 cm³/mol. The smallest absolute Gasteiger partial charge is 0.332 e. The van der Waals surface area contributed by atoms with Crippen molar-refractivity contribution in [1.29, 1.82) is 0 Å². The summed E-state index contributed by atoms with van der Waals surface area (Å²) in [5.41, 5.74) is 2.95. The van der Waals surface area contributed by atoms with Gasteiger partial charge in [-0.1, -0.05) is 0 Å². The Labute approximate surface area is 96.1 Å². The van der Waals surface area contributed by atoms with Crippen LogP contribution in [0.3, 0.4) is 0 Å². The van der Waals surface area contributed by atoms with E-state index in [1.807, 2.05) is 9.91 Å². The molecule has 16 heavy (non-hydrogen) atoms. The molecule has 0 saturated carbocycles. The SMILES string of the molecule is CN1CCN(NC(=O)N2CCOCC2)CC1. The molecule has 0 atom stereocenters. The summed E-state index contributed by atoms with van der Waals surface area (Å²) < 4.78 is 5.21. The third kappa shape index (κ3) is 3.07. The van der Waals surface area contributed by atoms with Crippen LogP contribution in [-0.4, -0.2) is 80.4 Å². The molecule has 6 nitrogen and oxygen atoms in total. The Balaban J connectivity index is 1.73. The first-order chi connectivity index (χ1) is 7.75. The monoisotopic (exact) mass is 228 g/mol. The van der Waals surface area contributed by atoms with Crippen molar-refractivity contribution in [3.8, 4) is 0 Å². The average molecular weight is 228 g/mol. The summed E-state index contributed by atoms with van der Waals surface area (Å²) >= 11 is 0. The quantitative estimate of drug-likeness (QED) is 0.638. The highest BCUT2D eigenvalue weighted by Gasteiger charge is 2.20. The zero-order valence-electron chi connectivity index (χ0n) is 9.81. The molecule has 1 N–H and O–H groups in total. The molecular weight excluding hydrogens is 208 g/mol. The molecule has 2 aliphatic heterocycles. The number of hydrogen-bond acceptors (Lipinski definition) is 4. The van der Waals surface area contributed by atoms with Crippen LogP contribution in [0.4, 0.5) is 4.79 Å². The molecule has 2 rings (SSSR count). The third-order valence-electron chi connectivity index (χ3n) is 3.06. The van der Waals surface area contributed by atoms with Crippen molar-refractivity contribution in [1.82, 2.24) is 20.2 Å². The fourth-order valence-corrected chi connectivity index (χ4v) is 1.89. The van der Waals surface area contributed by atoms with Gasteiger partial charge in [0.2, 0.25) is 0 Å². The average Bonchev–Trinajstić information content (AvgIpc) is 2.33. The summed E-state index contributed by atoms with van der Waals surface area (Å²) in [5.74, 6) is 0. The number of nitrogens with zero attached hydrogens (tertiary/aromatic N) is 3. The molecule has 2 heterocycles. The second kappa shape index (κ2) is 5.47. The van der Waals surface area contributed by atoms with Crippen LogP contribution >= 0.6 is 0 Å². The van der Waals surface area contributed by atoms with E-state index in [0.29, 0.717) is 26.3 Å². The number of piperazine rings is 1. The molecule has 0 aromatic carbocycles. The highest BCUT2D eigenvalue weighted by Crippen LogP contribution is 2.00. The molecule has 0 aromatic rings. The minimum absolute atomic E-state index is 0.00727. The van der Waals surface area contributed by atoms with Gasteiger partial charge in [0.25, 0.3) is 0 Å². The van der Waals surface area contributed by atoms with Crippen LogP contribution < -0.4 is 5.43 Å². The molecule has 0 aliphatic carbocycles. The van der Waals surface area contributed by atoms with E-state index in [1.54, 1.807) is 0 Å². The number of carbonyl (C=O) groups excluding carboxylic acids is 1. The Morgan fingerprint density at radius 1 is 1.06 bits per heavy atom. The Bertz CT molecular complexity index is 235. The summed E-state index contributed by atoms with van der Waals surface area (Å²) in [6.07, 6.45) is 0. The van der Waals surface area contributed by atoms with Crippen LogP contribution in [0.15, 0.2) is 0 Å². The number of nitrogens with one attached hydrogen (secondary N) is 1. The largest absolute Gasteiger partial charge is 0.378 e. The number of carbonyl (C=O) groups is 1. The Hall–Kier alpha value is -0.850. The van der Waals surface area contributed by atoms with Crippen molar-refractivity contribution in [3.63, 3.8) is 0 Å². The summed E-state index contributed by atoms with van der Waals surface area (Å²) in [4.78, 5) is 15.9. The molecule has 92 valence electrons. The van der Waals surface area contributed by atoms with Gasteiger partial charge in [-0.15, -0.1) is 0 Å². The lowest BCUT2D eigenvalue weighted by Gasteiger charge is -2.35. The lowest BCUT2D eigenvalue weighted by atomic mass is 10.4. The van der Waals surface area contributed by atoms with E-state index in [2.05, 4.69) is 17.4 Å². The lowest BCUT2D eigenvalue weighted by Crippen LogP contribution is -2.56. The van der Waals surface area contributed by atoms with Crippen molar-refractivity contribution in [2.45, 2.75) is 0 Å². The van der Waals surface area contributed by atoms with Gasteiger partial charge >= 0.3 is 6.03 Å². The summed E-state index contributed by atoms with van der Waals surface area (Å²) in [6.45, 7) is 6.48. The van der Waals surface area contributed by atoms with E-state index in [9.17, 15) is 4.79 Å². The number of hydrazine groups is 1. The van der Waals surface area contributed by atoms with Gasteiger partial charge in [-0.25, -0.2) is 9.80 Å². The number of morpholine rings is 1. The van der Waals surface area contributed by atoms with Gasteiger partial charge < -0.3 is 14.5 Å². The first kappa shape index (κ1) is 11.6. The molecule has 6 heteroatoms. The predicted octanol–water partition coefficient (Wildman–Crippen LogP) is -0.809. The topological polar surface area (TPSA) is 48.0 Å². The normalized spacial score (nSPS) is 24.4. The standard InChI is InChI=1S/C10H20N4O2/c1-12-2-4-14(5-3-12)11-10(15)13-6-8-16-9-7-13/h2-9H2,1H3,(H,11,15). The number of rotatable bonds is 1. The number of amides is 2. The van der Waals surface area contributed by atoms with E-state index in [1.165, 1.54) is 0 Å². The van der Waals surface area contributed by atoms with Gasteiger partial charge in [-0.2, -0.15) is 0 Å². The highest BCUT2D eigenvalue weighted by molar-refractivity contribution is 5.73. The van der Waals surface area contributed by atoms with Gasteiger partial charge in [0.05, 0.1) is 13.2 Å². The van der Waals surface area contributed by atoms with E-state index in [4.69, 9.17) is 4.74 Å². The number of ether oxygens (including phenoxy) is 1. The maximum atomic E-state index is 11.9. The van der Waals surface area contributed by atoms with Gasteiger partial charge in [-0.05, 0) is 7.05 Å². The second-order valence-electron chi connectivity index (χ2n) is 4.31. The number of urea groups is 1. The van der Waals surface area contributed by atoms with Gasteiger partial charge in [-0.3, -0.25) is 5.43 Å². The van der Waals surface area contributed by atoms with Crippen LogP contribution in [0, 0.1) is 0 Å². The zero-order valence-corrected chi connectivity index (χ0v) is 9.81. The van der Waals surface area contributed by atoms with Crippen LogP contribution in [0.25, 0.3) is 0 Å². The molecular formula is C10H20N4O2. The van der Waals surface area contributed by atoms with Crippen LogP contribution in [-0.2, 0) is 4.74 Å². The van der Waals surface area contributed by atoms with Crippen molar-refractivity contribution in [2.24, 2.45) is 0 Å². The number of hydrogen-bond donors (Lipinski definition) is 1. The van der Waals surface area contributed by atoms with E-state index >= 15 is 0 Å². The minimum Gasteiger partial charge on any atom is -0.378 e. The van der Waals surface area contributed by atoms with E-state index in [0.717, 1.165) is 26.2 Å². The first-order valence-corrected chi connectivity index (χ1v) is 5.82. The summed E-state index contributed by atoms with van der Waals surface area (Å²) in [7, 11) is 2.10. The Morgan fingerprint density at radius 2 is 1.69 bits per heavy atom. The summed E-state index contributed by atoms with van der Waals surface area (Å²) in [5, 5.41) is 2.00. The molecule has 2 saturated heterocycles. The van der Waals surface area contributed by atoms with Crippen molar-refractivity contribution < 1.29 is 9.53 Å². The highest BCUT2D eigenvalue weighted by atomic mass is 16.5. The molecule has 2 fully saturated rings. The first-order valence-electron chi connectivity index (χ1n) is 5.82. The van der Waals surface area contributed by atoms with E-state index in [-0.39, 0.29) is 6.03 Å². The maximum absolute atomic E-state index is 11.9.